The minimum absolute atomic E-state index is 0.323. The summed E-state index contributed by atoms with van der Waals surface area (Å²) in [7, 11) is 3.38. The molecule has 0 radical (unpaired) electrons. The van der Waals surface area contributed by atoms with Gasteiger partial charge >= 0.3 is 0 Å². The zero-order valence-electron chi connectivity index (χ0n) is 13.2. The Kier molecular flexibility index (Phi) is 4.24. The third kappa shape index (κ3) is 2.95. The lowest BCUT2D eigenvalue weighted by molar-refractivity contribution is 0.216. The van der Waals surface area contributed by atoms with Crippen molar-refractivity contribution >= 4 is 5.69 Å². The summed E-state index contributed by atoms with van der Waals surface area (Å²) in [4.78, 5) is 2.49. The standard InChI is InChI=1S/C17H26N2O2/c1-20-15-7-6-14(12-16(15)21-2)19-11-10-18-17(13-19)8-4-3-5-9-17/h6-7,12,18H,3-5,8-11,13H2,1-2H3. The molecule has 1 aromatic rings. The van der Waals surface area contributed by atoms with Crippen molar-refractivity contribution in [2.24, 2.45) is 0 Å². The van der Waals surface area contributed by atoms with E-state index in [1.165, 1.54) is 37.8 Å². The average molecular weight is 290 g/mol. The summed E-state index contributed by atoms with van der Waals surface area (Å²) >= 11 is 0. The predicted octanol–water partition coefficient (Wildman–Crippen LogP) is 2.82. The van der Waals surface area contributed by atoms with Crippen molar-refractivity contribution in [3.63, 3.8) is 0 Å². The molecule has 116 valence electrons. The van der Waals surface area contributed by atoms with Crippen LogP contribution in [0.15, 0.2) is 18.2 Å². The van der Waals surface area contributed by atoms with Crippen LogP contribution >= 0.6 is 0 Å². The van der Waals surface area contributed by atoms with E-state index >= 15 is 0 Å². The molecule has 21 heavy (non-hydrogen) atoms. The highest BCUT2D eigenvalue weighted by Crippen LogP contribution is 2.35. The van der Waals surface area contributed by atoms with Crippen LogP contribution in [0.1, 0.15) is 32.1 Å². The van der Waals surface area contributed by atoms with E-state index in [0.717, 1.165) is 31.1 Å². The van der Waals surface area contributed by atoms with E-state index in [9.17, 15) is 0 Å². The predicted molar refractivity (Wildman–Crippen MR) is 85.6 cm³/mol. The van der Waals surface area contributed by atoms with Crippen LogP contribution in [0.4, 0.5) is 5.69 Å². The molecule has 1 heterocycles. The van der Waals surface area contributed by atoms with Gasteiger partial charge < -0.3 is 19.7 Å². The highest BCUT2D eigenvalue weighted by atomic mass is 16.5. The van der Waals surface area contributed by atoms with Crippen LogP contribution in [0.5, 0.6) is 11.5 Å². The van der Waals surface area contributed by atoms with E-state index < -0.39 is 0 Å². The number of hydrogen-bond donors (Lipinski definition) is 1. The van der Waals surface area contributed by atoms with Crippen LogP contribution < -0.4 is 19.7 Å². The quantitative estimate of drug-likeness (QED) is 0.928. The van der Waals surface area contributed by atoms with E-state index in [-0.39, 0.29) is 0 Å². The number of hydrogen-bond acceptors (Lipinski definition) is 4. The van der Waals surface area contributed by atoms with Crippen molar-refractivity contribution in [1.29, 1.82) is 0 Å². The molecule has 3 rings (SSSR count). The van der Waals surface area contributed by atoms with Gasteiger partial charge in [0.05, 0.1) is 14.2 Å². The van der Waals surface area contributed by atoms with Crippen LogP contribution in [-0.4, -0.2) is 39.4 Å². The van der Waals surface area contributed by atoms with E-state index in [1.807, 2.05) is 6.07 Å². The van der Waals surface area contributed by atoms with Crippen molar-refractivity contribution < 1.29 is 9.47 Å². The summed E-state index contributed by atoms with van der Waals surface area (Å²) < 4.78 is 10.8. The van der Waals surface area contributed by atoms with Gasteiger partial charge in [-0.05, 0) is 25.0 Å². The third-order valence-corrected chi connectivity index (χ3v) is 4.92. The van der Waals surface area contributed by atoms with Gasteiger partial charge in [-0.1, -0.05) is 19.3 Å². The van der Waals surface area contributed by atoms with Gasteiger partial charge in [0.25, 0.3) is 0 Å². The molecule has 4 heteroatoms. The van der Waals surface area contributed by atoms with Crippen LogP contribution in [0.25, 0.3) is 0 Å². The molecule has 0 unspecified atom stereocenters. The second-order valence-corrected chi connectivity index (χ2v) is 6.23. The molecule has 1 aromatic carbocycles. The molecule has 1 spiro atoms. The smallest absolute Gasteiger partial charge is 0.162 e. The second kappa shape index (κ2) is 6.14. The first-order valence-electron chi connectivity index (χ1n) is 7.98. The molecular formula is C17H26N2O2. The zero-order valence-corrected chi connectivity index (χ0v) is 13.2. The van der Waals surface area contributed by atoms with E-state index in [0.29, 0.717) is 5.54 Å². The lowest BCUT2D eigenvalue weighted by atomic mass is 9.80. The Balaban J connectivity index is 1.79. The molecule has 0 atom stereocenters. The molecule has 4 nitrogen and oxygen atoms in total. The molecule has 2 fully saturated rings. The lowest BCUT2D eigenvalue weighted by Crippen LogP contribution is -2.61. The molecule has 1 N–H and O–H groups in total. The third-order valence-electron chi connectivity index (χ3n) is 4.92. The molecule has 1 saturated heterocycles. The largest absolute Gasteiger partial charge is 0.493 e. The monoisotopic (exact) mass is 290 g/mol. The fourth-order valence-corrected chi connectivity index (χ4v) is 3.76. The van der Waals surface area contributed by atoms with E-state index in [4.69, 9.17) is 9.47 Å². The van der Waals surface area contributed by atoms with Crippen LogP contribution in [0.3, 0.4) is 0 Å². The fourth-order valence-electron chi connectivity index (χ4n) is 3.76. The van der Waals surface area contributed by atoms with Gasteiger partial charge in [-0.3, -0.25) is 0 Å². The maximum absolute atomic E-state index is 5.44. The Morgan fingerprint density at radius 2 is 1.81 bits per heavy atom. The Labute approximate surface area is 127 Å². The zero-order chi connectivity index (χ0) is 14.7. The topological polar surface area (TPSA) is 33.7 Å². The van der Waals surface area contributed by atoms with Crippen LogP contribution in [0, 0.1) is 0 Å². The summed E-state index contributed by atoms with van der Waals surface area (Å²) in [6.45, 7) is 3.22. The summed E-state index contributed by atoms with van der Waals surface area (Å²) in [6, 6.07) is 6.24. The second-order valence-electron chi connectivity index (χ2n) is 6.23. The maximum Gasteiger partial charge on any atom is 0.162 e. The van der Waals surface area contributed by atoms with E-state index in [2.05, 4.69) is 22.3 Å². The Morgan fingerprint density at radius 1 is 1.05 bits per heavy atom. The SMILES string of the molecule is COc1ccc(N2CCNC3(CCCCC3)C2)cc1OC. The molecule has 0 amide bonds. The summed E-state index contributed by atoms with van der Waals surface area (Å²) in [5.74, 6) is 1.61. The molecule has 0 bridgehead atoms. The molecule has 1 aliphatic carbocycles. The number of nitrogens with zero attached hydrogens (tertiary/aromatic N) is 1. The molecule has 0 aromatic heterocycles. The number of piperazine rings is 1. The van der Waals surface area contributed by atoms with Crippen molar-refractivity contribution in [2.45, 2.75) is 37.6 Å². The first-order chi connectivity index (χ1) is 10.3. The average Bonchev–Trinajstić information content (AvgIpc) is 2.55. The Morgan fingerprint density at radius 3 is 2.52 bits per heavy atom. The molecule has 1 saturated carbocycles. The first kappa shape index (κ1) is 14.5. The summed E-state index contributed by atoms with van der Waals surface area (Å²) in [6.07, 6.45) is 6.70. The van der Waals surface area contributed by atoms with Crippen molar-refractivity contribution in [1.82, 2.24) is 5.32 Å². The van der Waals surface area contributed by atoms with Crippen molar-refractivity contribution in [3.05, 3.63) is 18.2 Å². The normalized spacial score (nSPS) is 21.3. The van der Waals surface area contributed by atoms with Gasteiger partial charge in [0.2, 0.25) is 0 Å². The number of rotatable bonds is 3. The molecule has 2 aliphatic rings. The Hall–Kier alpha value is -1.42. The van der Waals surface area contributed by atoms with E-state index in [1.54, 1.807) is 14.2 Å². The van der Waals surface area contributed by atoms with Crippen molar-refractivity contribution in [3.8, 4) is 11.5 Å². The summed E-state index contributed by atoms with van der Waals surface area (Å²) in [5, 5.41) is 3.79. The van der Waals surface area contributed by atoms with Gasteiger partial charge in [-0.15, -0.1) is 0 Å². The van der Waals surface area contributed by atoms with Gasteiger partial charge in [0.15, 0.2) is 11.5 Å². The number of nitrogens with one attached hydrogen (secondary N) is 1. The lowest BCUT2D eigenvalue weighted by Gasteiger charge is -2.47. The molecule has 1 aliphatic heterocycles. The highest BCUT2D eigenvalue weighted by Gasteiger charge is 2.36. The maximum atomic E-state index is 5.44. The number of ether oxygens (including phenoxy) is 2. The van der Waals surface area contributed by atoms with Gasteiger partial charge in [-0.25, -0.2) is 0 Å². The van der Waals surface area contributed by atoms with Crippen molar-refractivity contribution in [2.75, 3.05) is 38.8 Å². The van der Waals surface area contributed by atoms with Crippen LogP contribution in [-0.2, 0) is 0 Å². The number of benzene rings is 1. The summed E-state index contributed by atoms with van der Waals surface area (Å²) in [5.41, 5.74) is 1.56. The minimum Gasteiger partial charge on any atom is -0.493 e. The van der Waals surface area contributed by atoms with Gasteiger partial charge in [0.1, 0.15) is 0 Å². The van der Waals surface area contributed by atoms with Gasteiger partial charge in [0, 0.05) is 36.9 Å². The number of methoxy groups -OCH3 is 2. The first-order valence-corrected chi connectivity index (χ1v) is 7.98. The Bertz CT molecular complexity index is 478. The minimum atomic E-state index is 0.323. The molecular weight excluding hydrogens is 264 g/mol. The fraction of sp³-hybridized carbons (Fsp3) is 0.647. The number of anilines is 1. The highest BCUT2D eigenvalue weighted by molar-refractivity contribution is 5.57. The van der Waals surface area contributed by atoms with Gasteiger partial charge in [-0.2, -0.15) is 0 Å². The van der Waals surface area contributed by atoms with Crippen LogP contribution in [0.2, 0.25) is 0 Å².